The van der Waals surface area contributed by atoms with Gasteiger partial charge in [-0.1, -0.05) is 0 Å². The summed E-state index contributed by atoms with van der Waals surface area (Å²) in [5, 5.41) is 12.9. The van der Waals surface area contributed by atoms with Crippen molar-refractivity contribution in [3.63, 3.8) is 0 Å². The third kappa shape index (κ3) is 2.04. The first-order valence-corrected chi connectivity index (χ1v) is 5.00. The zero-order valence-corrected chi connectivity index (χ0v) is 8.67. The highest BCUT2D eigenvalue weighted by Gasteiger charge is 2.36. The zero-order chi connectivity index (χ0) is 10.2. The van der Waals surface area contributed by atoms with Crippen LogP contribution in [-0.4, -0.2) is 15.6 Å². The number of pyridine rings is 1. The first kappa shape index (κ1) is 9.46. The zero-order valence-electron chi connectivity index (χ0n) is 8.67. The molecule has 1 aliphatic carbocycles. The second-order valence-electron chi connectivity index (χ2n) is 4.33. The van der Waals surface area contributed by atoms with E-state index in [2.05, 4.69) is 17.2 Å². The van der Waals surface area contributed by atoms with Crippen LogP contribution in [-0.2, 0) is 6.54 Å². The van der Waals surface area contributed by atoms with Crippen LogP contribution in [0.3, 0.4) is 0 Å². The van der Waals surface area contributed by atoms with Gasteiger partial charge in [0.1, 0.15) is 5.75 Å². The molecule has 0 amide bonds. The number of nitrogens with zero attached hydrogens (tertiary/aromatic N) is 1. The fourth-order valence-corrected chi connectivity index (χ4v) is 1.39. The average Bonchev–Trinajstić information content (AvgIpc) is 2.87. The molecule has 76 valence electrons. The predicted octanol–water partition coefficient (Wildman–Crippen LogP) is 1.74. The molecule has 0 radical (unpaired) electrons. The molecule has 1 heterocycles. The average molecular weight is 192 g/mol. The predicted molar refractivity (Wildman–Crippen MR) is 55.1 cm³/mol. The Hall–Kier alpha value is -1.09. The Morgan fingerprint density at radius 3 is 2.86 bits per heavy atom. The molecular weight excluding hydrogens is 176 g/mol. The molecule has 2 rings (SSSR count). The molecular formula is C11H16N2O. The quantitative estimate of drug-likeness (QED) is 0.766. The van der Waals surface area contributed by atoms with E-state index < -0.39 is 0 Å². The molecule has 1 fully saturated rings. The number of aromatic nitrogens is 1. The molecule has 0 aromatic carbocycles. The van der Waals surface area contributed by atoms with Crippen molar-refractivity contribution in [3.8, 4) is 5.75 Å². The third-order valence-corrected chi connectivity index (χ3v) is 2.77. The Kier molecular flexibility index (Phi) is 2.19. The van der Waals surface area contributed by atoms with Crippen molar-refractivity contribution in [3.05, 3.63) is 23.5 Å². The van der Waals surface area contributed by atoms with Crippen molar-refractivity contribution in [1.82, 2.24) is 10.3 Å². The van der Waals surface area contributed by atoms with Crippen LogP contribution in [0.2, 0.25) is 0 Å². The van der Waals surface area contributed by atoms with Crippen molar-refractivity contribution in [1.29, 1.82) is 0 Å². The van der Waals surface area contributed by atoms with E-state index in [-0.39, 0.29) is 11.3 Å². The van der Waals surface area contributed by atoms with E-state index in [4.69, 9.17) is 0 Å². The Morgan fingerprint density at radius 2 is 2.21 bits per heavy atom. The van der Waals surface area contributed by atoms with Gasteiger partial charge in [0, 0.05) is 17.8 Å². The molecule has 3 heteroatoms. The lowest BCUT2D eigenvalue weighted by molar-refractivity contribution is 0.450. The van der Waals surface area contributed by atoms with Gasteiger partial charge in [0.2, 0.25) is 0 Å². The largest absolute Gasteiger partial charge is 0.506 e. The van der Waals surface area contributed by atoms with Gasteiger partial charge < -0.3 is 10.4 Å². The summed E-state index contributed by atoms with van der Waals surface area (Å²) in [5.74, 6) is 0.285. The van der Waals surface area contributed by atoms with Crippen LogP contribution < -0.4 is 5.32 Å². The van der Waals surface area contributed by atoms with E-state index in [0.29, 0.717) is 6.54 Å². The lowest BCUT2D eigenvalue weighted by atomic mass is 10.2. The highest BCUT2D eigenvalue weighted by molar-refractivity contribution is 5.27. The SMILES string of the molecule is Cc1ccc(O)c(CNC2(C)CC2)n1. The van der Waals surface area contributed by atoms with Crippen molar-refractivity contribution < 1.29 is 5.11 Å². The second-order valence-corrected chi connectivity index (χ2v) is 4.33. The first-order chi connectivity index (χ1) is 6.59. The normalized spacial score (nSPS) is 18.1. The number of hydrogen-bond acceptors (Lipinski definition) is 3. The van der Waals surface area contributed by atoms with Gasteiger partial charge in [0.05, 0.1) is 5.69 Å². The van der Waals surface area contributed by atoms with Crippen molar-refractivity contribution in [2.45, 2.75) is 38.8 Å². The Balaban J connectivity index is 2.04. The molecule has 1 aromatic rings. The molecule has 0 unspecified atom stereocenters. The molecule has 1 aliphatic rings. The van der Waals surface area contributed by atoms with Crippen molar-refractivity contribution in [2.24, 2.45) is 0 Å². The fourth-order valence-electron chi connectivity index (χ4n) is 1.39. The maximum absolute atomic E-state index is 9.55. The van der Waals surface area contributed by atoms with Gasteiger partial charge in [-0.2, -0.15) is 0 Å². The minimum atomic E-state index is 0.285. The van der Waals surface area contributed by atoms with Crippen LogP contribution in [0, 0.1) is 6.92 Å². The fraction of sp³-hybridized carbons (Fsp3) is 0.545. The van der Waals surface area contributed by atoms with Gasteiger partial charge in [-0.25, -0.2) is 0 Å². The highest BCUT2D eigenvalue weighted by atomic mass is 16.3. The van der Waals surface area contributed by atoms with Gasteiger partial charge in [-0.15, -0.1) is 0 Å². The summed E-state index contributed by atoms with van der Waals surface area (Å²) >= 11 is 0. The van der Waals surface area contributed by atoms with E-state index in [0.717, 1.165) is 11.4 Å². The molecule has 1 saturated carbocycles. The lowest BCUT2D eigenvalue weighted by Gasteiger charge is -2.11. The molecule has 0 bridgehead atoms. The number of hydrogen-bond donors (Lipinski definition) is 2. The smallest absolute Gasteiger partial charge is 0.138 e. The summed E-state index contributed by atoms with van der Waals surface area (Å²) in [6.07, 6.45) is 2.44. The standard InChI is InChI=1S/C11H16N2O/c1-8-3-4-10(14)9(13-8)7-12-11(2)5-6-11/h3-4,12,14H,5-7H2,1-2H3. The Morgan fingerprint density at radius 1 is 1.50 bits per heavy atom. The van der Waals surface area contributed by atoms with Crippen molar-refractivity contribution >= 4 is 0 Å². The lowest BCUT2D eigenvalue weighted by Crippen LogP contribution is -2.27. The molecule has 0 saturated heterocycles. The minimum absolute atomic E-state index is 0.285. The molecule has 0 aliphatic heterocycles. The van der Waals surface area contributed by atoms with Gasteiger partial charge >= 0.3 is 0 Å². The van der Waals surface area contributed by atoms with Crippen LogP contribution in [0.5, 0.6) is 5.75 Å². The summed E-state index contributed by atoms with van der Waals surface area (Å²) in [5.41, 5.74) is 1.98. The number of nitrogens with one attached hydrogen (secondary N) is 1. The van der Waals surface area contributed by atoms with Crippen LogP contribution in [0.15, 0.2) is 12.1 Å². The Labute approximate surface area is 84.2 Å². The summed E-state index contributed by atoms with van der Waals surface area (Å²) in [6, 6.07) is 3.52. The van der Waals surface area contributed by atoms with E-state index >= 15 is 0 Å². The van der Waals surface area contributed by atoms with Gasteiger partial charge in [0.15, 0.2) is 0 Å². The van der Waals surface area contributed by atoms with Gasteiger partial charge in [0.25, 0.3) is 0 Å². The monoisotopic (exact) mass is 192 g/mol. The van der Waals surface area contributed by atoms with Crippen LogP contribution >= 0.6 is 0 Å². The van der Waals surface area contributed by atoms with E-state index in [1.807, 2.05) is 13.0 Å². The van der Waals surface area contributed by atoms with Crippen LogP contribution in [0.25, 0.3) is 0 Å². The molecule has 3 nitrogen and oxygen atoms in total. The molecule has 1 aromatic heterocycles. The number of aromatic hydroxyl groups is 1. The van der Waals surface area contributed by atoms with Crippen molar-refractivity contribution in [2.75, 3.05) is 0 Å². The van der Waals surface area contributed by atoms with Gasteiger partial charge in [-0.05, 0) is 38.8 Å². The van der Waals surface area contributed by atoms with E-state index in [1.54, 1.807) is 6.07 Å². The van der Waals surface area contributed by atoms with E-state index in [9.17, 15) is 5.11 Å². The van der Waals surface area contributed by atoms with Crippen LogP contribution in [0.4, 0.5) is 0 Å². The summed E-state index contributed by atoms with van der Waals surface area (Å²) in [4.78, 5) is 4.29. The van der Waals surface area contributed by atoms with E-state index in [1.165, 1.54) is 12.8 Å². The highest BCUT2D eigenvalue weighted by Crippen LogP contribution is 2.34. The topological polar surface area (TPSA) is 45.1 Å². The maximum atomic E-state index is 9.55. The number of aryl methyl sites for hydroxylation is 1. The maximum Gasteiger partial charge on any atom is 0.138 e. The molecule has 14 heavy (non-hydrogen) atoms. The van der Waals surface area contributed by atoms with Crippen LogP contribution in [0.1, 0.15) is 31.2 Å². The summed E-state index contributed by atoms with van der Waals surface area (Å²) in [7, 11) is 0. The molecule has 2 N–H and O–H groups in total. The minimum Gasteiger partial charge on any atom is -0.506 e. The second kappa shape index (κ2) is 3.24. The summed E-state index contributed by atoms with van der Waals surface area (Å²) < 4.78 is 0. The number of rotatable bonds is 3. The van der Waals surface area contributed by atoms with Gasteiger partial charge in [-0.3, -0.25) is 4.98 Å². The third-order valence-electron chi connectivity index (χ3n) is 2.77. The molecule has 0 spiro atoms. The Bertz CT molecular complexity index is 345. The molecule has 0 atom stereocenters. The summed E-state index contributed by atoms with van der Waals surface area (Å²) in [6.45, 7) is 4.78. The first-order valence-electron chi connectivity index (χ1n) is 5.00.